The van der Waals surface area contributed by atoms with E-state index in [0.29, 0.717) is 24.9 Å². The highest BCUT2D eigenvalue weighted by molar-refractivity contribution is 7.89. The van der Waals surface area contributed by atoms with Gasteiger partial charge in [-0.2, -0.15) is 0 Å². The van der Waals surface area contributed by atoms with Gasteiger partial charge in [0.1, 0.15) is 10.7 Å². The zero-order valence-electron chi connectivity index (χ0n) is 16.3. The standard InChI is InChI=1S/C19H26ClN3O4S/c1-22(2)9-5-10-23(3)19(24)16-13-18(28(21,25)26)17(20)12-14(16)7-8-15-6-4-11-27-15/h4,6,11-13H,5,7-10H2,1-3H3,(H2,21,25,26). The van der Waals surface area contributed by atoms with E-state index >= 15 is 0 Å². The third-order valence-corrected chi connectivity index (χ3v) is 5.74. The van der Waals surface area contributed by atoms with Gasteiger partial charge in [-0.05, 0) is 63.3 Å². The third kappa shape index (κ3) is 6.07. The van der Waals surface area contributed by atoms with Gasteiger partial charge in [-0.15, -0.1) is 0 Å². The fourth-order valence-electron chi connectivity index (χ4n) is 2.86. The van der Waals surface area contributed by atoms with Crippen molar-refractivity contribution in [3.8, 4) is 0 Å². The third-order valence-electron chi connectivity index (χ3n) is 4.36. The molecule has 2 N–H and O–H groups in total. The molecule has 28 heavy (non-hydrogen) atoms. The number of nitrogens with zero attached hydrogens (tertiary/aromatic N) is 2. The minimum atomic E-state index is -4.05. The first-order valence-corrected chi connectivity index (χ1v) is 10.8. The Kier molecular flexibility index (Phi) is 7.65. The van der Waals surface area contributed by atoms with Crippen LogP contribution in [0.1, 0.15) is 28.1 Å². The molecule has 0 unspecified atom stereocenters. The Balaban J connectivity index is 2.32. The molecule has 0 atom stereocenters. The number of carbonyl (C=O) groups is 1. The first kappa shape index (κ1) is 22.4. The van der Waals surface area contributed by atoms with Crippen LogP contribution < -0.4 is 5.14 Å². The minimum Gasteiger partial charge on any atom is -0.469 e. The van der Waals surface area contributed by atoms with Crippen LogP contribution in [0.5, 0.6) is 0 Å². The molecule has 0 radical (unpaired) electrons. The van der Waals surface area contributed by atoms with Crippen LogP contribution in [0.25, 0.3) is 0 Å². The number of nitrogens with two attached hydrogens (primary N) is 1. The number of carbonyl (C=O) groups excluding carboxylic acids is 1. The topological polar surface area (TPSA) is 96.9 Å². The SMILES string of the molecule is CN(C)CCCN(C)C(=O)c1cc(S(N)(=O)=O)c(Cl)cc1CCc1ccco1. The average Bonchev–Trinajstić information content (AvgIpc) is 3.11. The number of sulfonamides is 1. The number of furan rings is 1. The van der Waals surface area contributed by atoms with Gasteiger partial charge < -0.3 is 14.2 Å². The minimum absolute atomic E-state index is 0.00348. The summed E-state index contributed by atoms with van der Waals surface area (Å²) in [5.41, 5.74) is 0.936. The van der Waals surface area contributed by atoms with Crippen LogP contribution >= 0.6 is 11.6 Å². The molecule has 0 aliphatic heterocycles. The molecule has 0 saturated heterocycles. The first-order chi connectivity index (χ1) is 13.1. The Labute approximate surface area is 171 Å². The summed E-state index contributed by atoms with van der Waals surface area (Å²) in [6.45, 7) is 1.38. The molecular weight excluding hydrogens is 402 g/mol. The van der Waals surface area contributed by atoms with Crippen molar-refractivity contribution in [1.82, 2.24) is 9.80 Å². The Morgan fingerprint density at radius 1 is 1.18 bits per heavy atom. The maximum absolute atomic E-state index is 13.0. The van der Waals surface area contributed by atoms with Gasteiger partial charge >= 0.3 is 0 Å². The molecule has 0 saturated carbocycles. The predicted molar refractivity (Wildman–Crippen MR) is 109 cm³/mol. The molecule has 0 aliphatic rings. The van der Waals surface area contributed by atoms with Crippen molar-refractivity contribution in [2.24, 2.45) is 5.14 Å². The number of benzene rings is 1. The van der Waals surface area contributed by atoms with Crippen LogP contribution in [0.3, 0.4) is 0 Å². The Hall–Kier alpha value is -1.87. The summed E-state index contributed by atoms with van der Waals surface area (Å²) in [7, 11) is 1.58. The van der Waals surface area contributed by atoms with Crippen molar-refractivity contribution in [1.29, 1.82) is 0 Å². The summed E-state index contributed by atoms with van der Waals surface area (Å²) >= 11 is 6.14. The number of amides is 1. The second-order valence-corrected chi connectivity index (χ2v) is 8.88. The molecule has 1 heterocycles. The van der Waals surface area contributed by atoms with Gasteiger partial charge in [0.15, 0.2) is 0 Å². The molecule has 1 aromatic carbocycles. The van der Waals surface area contributed by atoms with E-state index in [0.717, 1.165) is 18.7 Å². The summed E-state index contributed by atoms with van der Waals surface area (Å²) in [6.07, 6.45) is 3.41. The van der Waals surface area contributed by atoms with E-state index in [-0.39, 0.29) is 21.4 Å². The Morgan fingerprint density at radius 2 is 1.89 bits per heavy atom. The van der Waals surface area contributed by atoms with Gasteiger partial charge in [0.05, 0.1) is 11.3 Å². The van der Waals surface area contributed by atoms with Crippen molar-refractivity contribution in [2.75, 3.05) is 34.2 Å². The Bertz CT molecular complexity index is 912. The van der Waals surface area contributed by atoms with Gasteiger partial charge in [-0.25, -0.2) is 13.6 Å². The highest BCUT2D eigenvalue weighted by Gasteiger charge is 2.22. The van der Waals surface area contributed by atoms with E-state index in [4.69, 9.17) is 21.2 Å². The highest BCUT2D eigenvalue weighted by atomic mass is 35.5. The van der Waals surface area contributed by atoms with E-state index in [9.17, 15) is 13.2 Å². The van der Waals surface area contributed by atoms with Gasteiger partial charge in [-0.1, -0.05) is 11.6 Å². The van der Waals surface area contributed by atoms with Crippen LogP contribution in [-0.2, 0) is 22.9 Å². The lowest BCUT2D eigenvalue weighted by Gasteiger charge is -2.21. The summed E-state index contributed by atoms with van der Waals surface area (Å²) in [4.78, 5) is 16.4. The van der Waals surface area contributed by atoms with E-state index < -0.39 is 10.0 Å². The summed E-state index contributed by atoms with van der Waals surface area (Å²) in [5.74, 6) is 0.499. The van der Waals surface area contributed by atoms with Crippen LogP contribution in [0.4, 0.5) is 0 Å². The zero-order valence-corrected chi connectivity index (χ0v) is 17.9. The summed E-state index contributed by atoms with van der Waals surface area (Å²) < 4.78 is 29.0. The van der Waals surface area contributed by atoms with Crippen LogP contribution in [0.15, 0.2) is 39.8 Å². The smallest absolute Gasteiger partial charge is 0.253 e. The van der Waals surface area contributed by atoms with Crippen molar-refractivity contribution in [3.05, 3.63) is 52.4 Å². The van der Waals surface area contributed by atoms with Crippen LogP contribution in [0.2, 0.25) is 5.02 Å². The van der Waals surface area contributed by atoms with Crippen molar-refractivity contribution in [3.63, 3.8) is 0 Å². The van der Waals surface area contributed by atoms with Crippen LogP contribution in [0, 0.1) is 0 Å². The maximum atomic E-state index is 13.0. The first-order valence-electron chi connectivity index (χ1n) is 8.87. The number of halogens is 1. The molecule has 1 amide bonds. The Morgan fingerprint density at radius 3 is 2.46 bits per heavy atom. The van der Waals surface area contributed by atoms with Gasteiger partial charge in [0.2, 0.25) is 10.0 Å². The van der Waals surface area contributed by atoms with Crippen molar-refractivity contribution >= 4 is 27.5 Å². The van der Waals surface area contributed by atoms with Gasteiger partial charge in [0, 0.05) is 25.6 Å². The number of primary sulfonamides is 1. The number of hydrogen-bond donors (Lipinski definition) is 1. The van der Waals surface area contributed by atoms with Crippen LogP contribution in [-0.4, -0.2) is 58.4 Å². The molecule has 2 rings (SSSR count). The molecule has 0 bridgehead atoms. The van der Waals surface area contributed by atoms with Crippen molar-refractivity contribution < 1.29 is 17.6 Å². The molecule has 9 heteroatoms. The maximum Gasteiger partial charge on any atom is 0.253 e. The quantitative estimate of drug-likeness (QED) is 0.662. The molecule has 0 aliphatic carbocycles. The normalized spacial score (nSPS) is 11.8. The molecular formula is C19H26ClN3O4S. The lowest BCUT2D eigenvalue weighted by Crippen LogP contribution is -2.31. The molecule has 1 aromatic heterocycles. The molecule has 0 spiro atoms. The zero-order chi connectivity index (χ0) is 20.9. The monoisotopic (exact) mass is 427 g/mol. The number of rotatable bonds is 9. The van der Waals surface area contributed by atoms with Gasteiger partial charge in [-0.3, -0.25) is 4.79 Å². The summed E-state index contributed by atoms with van der Waals surface area (Å²) in [6, 6.07) is 6.41. The lowest BCUT2D eigenvalue weighted by molar-refractivity contribution is 0.0789. The lowest BCUT2D eigenvalue weighted by atomic mass is 10.0. The largest absolute Gasteiger partial charge is 0.469 e. The highest BCUT2D eigenvalue weighted by Crippen LogP contribution is 2.27. The van der Waals surface area contributed by atoms with E-state index in [1.165, 1.54) is 12.1 Å². The predicted octanol–water partition coefficient (Wildman–Crippen LogP) is 2.39. The fourth-order valence-corrected chi connectivity index (χ4v) is 3.98. The molecule has 7 nitrogen and oxygen atoms in total. The van der Waals surface area contributed by atoms with E-state index in [1.54, 1.807) is 24.3 Å². The average molecular weight is 428 g/mol. The number of hydrogen-bond acceptors (Lipinski definition) is 5. The van der Waals surface area contributed by atoms with E-state index in [1.807, 2.05) is 25.1 Å². The summed E-state index contributed by atoms with van der Waals surface area (Å²) in [5, 5.41) is 5.26. The second kappa shape index (κ2) is 9.56. The van der Waals surface area contributed by atoms with E-state index in [2.05, 4.69) is 0 Å². The second-order valence-electron chi connectivity index (χ2n) is 6.95. The fraction of sp³-hybridized carbons (Fsp3) is 0.421. The molecule has 154 valence electrons. The molecule has 2 aromatic rings. The number of aryl methyl sites for hydroxylation is 2. The molecule has 0 fully saturated rings. The van der Waals surface area contributed by atoms with Gasteiger partial charge in [0.25, 0.3) is 5.91 Å². The van der Waals surface area contributed by atoms with Crippen molar-refractivity contribution in [2.45, 2.75) is 24.2 Å².